The summed E-state index contributed by atoms with van der Waals surface area (Å²) in [6.45, 7) is 3.13. The van der Waals surface area contributed by atoms with Crippen LogP contribution in [-0.4, -0.2) is 45.3 Å². The molecule has 4 nitrogen and oxygen atoms in total. The molecule has 20 heavy (non-hydrogen) atoms. The molecule has 2 rings (SSSR count). The van der Waals surface area contributed by atoms with Gasteiger partial charge in [-0.15, -0.1) is 0 Å². The topological polar surface area (TPSA) is 33.7 Å². The predicted molar refractivity (Wildman–Crippen MR) is 89.6 cm³/mol. The Hall–Kier alpha value is -0.530. The Labute approximate surface area is 135 Å². The maximum Gasteiger partial charge on any atom is 0.174 e. The minimum absolute atomic E-state index is 0.675. The first-order valence-electron chi connectivity index (χ1n) is 6.97. The number of nitrogens with one attached hydrogen (secondary N) is 1. The van der Waals surface area contributed by atoms with Crippen molar-refractivity contribution in [1.29, 1.82) is 0 Å². The lowest BCUT2D eigenvalue weighted by atomic mass is 10.2. The highest BCUT2D eigenvalue weighted by Gasteiger charge is 2.20. The van der Waals surface area contributed by atoms with E-state index in [0.29, 0.717) is 6.04 Å². The fraction of sp³-hybridized carbons (Fsp3) is 0.600. The van der Waals surface area contributed by atoms with E-state index in [1.807, 2.05) is 6.07 Å². The van der Waals surface area contributed by atoms with Gasteiger partial charge in [0.25, 0.3) is 0 Å². The van der Waals surface area contributed by atoms with Crippen LogP contribution in [0.1, 0.15) is 18.4 Å². The second-order valence-electron chi connectivity index (χ2n) is 5.22. The summed E-state index contributed by atoms with van der Waals surface area (Å²) < 4.78 is 11.8. The molecule has 1 aromatic rings. The van der Waals surface area contributed by atoms with Crippen molar-refractivity contribution in [3.8, 4) is 11.5 Å². The minimum Gasteiger partial charge on any atom is -0.493 e. The number of ether oxygens (including phenoxy) is 2. The molecule has 1 heterocycles. The van der Waals surface area contributed by atoms with E-state index in [4.69, 9.17) is 9.47 Å². The zero-order valence-electron chi connectivity index (χ0n) is 12.4. The highest BCUT2D eigenvalue weighted by atomic mass is 127. The summed E-state index contributed by atoms with van der Waals surface area (Å²) in [4.78, 5) is 2.44. The van der Waals surface area contributed by atoms with E-state index in [2.05, 4.69) is 45.9 Å². The largest absolute Gasteiger partial charge is 0.493 e. The molecule has 0 amide bonds. The average molecular weight is 390 g/mol. The number of nitrogens with zero attached hydrogens (tertiary/aromatic N) is 1. The first-order chi connectivity index (χ1) is 9.65. The molecule has 112 valence electrons. The molecule has 0 aliphatic carbocycles. The Balaban J connectivity index is 1.94. The van der Waals surface area contributed by atoms with Gasteiger partial charge in [-0.25, -0.2) is 0 Å². The van der Waals surface area contributed by atoms with Gasteiger partial charge in [0.05, 0.1) is 17.8 Å². The van der Waals surface area contributed by atoms with Crippen molar-refractivity contribution in [2.24, 2.45) is 0 Å². The third-order valence-electron chi connectivity index (χ3n) is 3.87. The van der Waals surface area contributed by atoms with Gasteiger partial charge in [0.1, 0.15) is 0 Å². The number of methoxy groups -OCH3 is 2. The third-order valence-corrected chi connectivity index (χ3v) is 4.68. The standard InChI is InChI=1S/C15H23IN2O2/c1-18-6-4-5-12(18)10-17-9-11-7-13(16)15(20-3)14(8-11)19-2/h7-8,12,17H,4-6,9-10H2,1-3H3. The zero-order chi connectivity index (χ0) is 14.5. The minimum atomic E-state index is 0.675. The normalized spacial score (nSPS) is 19.3. The Kier molecular flexibility index (Phi) is 5.92. The summed E-state index contributed by atoms with van der Waals surface area (Å²) in [6.07, 6.45) is 2.62. The number of likely N-dealkylation sites (N-methyl/N-ethyl adjacent to an activating group) is 1. The van der Waals surface area contributed by atoms with Crippen LogP contribution in [-0.2, 0) is 6.54 Å². The zero-order valence-corrected chi connectivity index (χ0v) is 14.6. The van der Waals surface area contributed by atoms with Crippen LogP contribution < -0.4 is 14.8 Å². The molecular weight excluding hydrogens is 367 g/mol. The molecule has 5 heteroatoms. The van der Waals surface area contributed by atoms with Crippen LogP contribution in [0.3, 0.4) is 0 Å². The molecule has 1 aliphatic heterocycles. The number of hydrogen-bond acceptors (Lipinski definition) is 4. The molecule has 0 aromatic heterocycles. The molecule has 1 fully saturated rings. The quantitative estimate of drug-likeness (QED) is 0.757. The van der Waals surface area contributed by atoms with Gasteiger partial charge in [-0.1, -0.05) is 0 Å². The van der Waals surface area contributed by atoms with Crippen LogP contribution in [0.25, 0.3) is 0 Å². The number of hydrogen-bond donors (Lipinski definition) is 1. The van der Waals surface area contributed by atoms with Gasteiger partial charge < -0.3 is 19.7 Å². The van der Waals surface area contributed by atoms with Crippen molar-refractivity contribution in [2.45, 2.75) is 25.4 Å². The Morgan fingerprint density at radius 1 is 1.35 bits per heavy atom. The fourth-order valence-corrected chi connectivity index (χ4v) is 3.58. The summed E-state index contributed by atoms with van der Waals surface area (Å²) in [6, 6.07) is 4.87. The number of benzene rings is 1. The molecular formula is C15H23IN2O2. The highest BCUT2D eigenvalue weighted by Crippen LogP contribution is 2.33. The third kappa shape index (κ3) is 3.77. The van der Waals surface area contributed by atoms with E-state index < -0.39 is 0 Å². The van der Waals surface area contributed by atoms with Crippen LogP contribution >= 0.6 is 22.6 Å². The number of likely N-dealkylation sites (tertiary alicyclic amines) is 1. The Morgan fingerprint density at radius 2 is 2.15 bits per heavy atom. The maximum atomic E-state index is 5.39. The van der Waals surface area contributed by atoms with E-state index in [-0.39, 0.29) is 0 Å². The van der Waals surface area contributed by atoms with Gasteiger partial charge in [-0.2, -0.15) is 0 Å². The predicted octanol–water partition coefficient (Wildman–Crippen LogP) is 2.49. The van der Waals surface area contributed by atoms with Crippen molar-refractivity contribution < 1.29 is 9.47 Å². The lowest BCUT2D eigenvalue weighted by Gasteiger charge is -2.20. The van der Waals surface area contributed by atoms with Gasteiger partial charge in [-0.3, -0.25) is 0 Å². The van der Waals surface area contributed by atoms with Crippen LogP contribution in [0.4, 0.5) is 0 Å². The monoisotopic (exact) mass is 390 g/mol. The lowest BCUT2D eigenvalue weighted by Crippen LogP contribution is -2.35. The van der Waals surface area contributed by atoms with Crippen molar-refractivity contribution in [3.63, 3.8) is 0 Å². The molecule has 1 atom stereocenters. The van der Waals surface area contributed by atoms with Gasteiger partial charge in [0.15, 0.2) is 11.5 Å². The van der Waals surface area contributed by atoms with Gasteiger partial charge >= 0.3 is 0 Å². The smallest absolute Gasteiger partial charge is 0.174 e. The first-order valence-corrected chi connectivity index (χ1v) is 8.05. The van der Waals surface area contributed by atoms with Gasteiger partial charge in [-0.05, 0) is 66.7 Å². The maximum absolute atomic E-state index is 5.39. The van der Waals surface area contributed by atoms with Crippen molar-refractivity contribution in [1.82, 2.24) is 10.2 Å². The molecule has 1 aliphatic rings. The molecule has 1 unspecified atom stereocenters. The highest BCUT2D eigenvalue weighted by molar-refractivity contribution is 14.1. The second kappa shape index (κ2) is 7.47. The van der Waals surface area contributed by atoms with Gasteiger partial charge in [0.2, 0.25) is 0 Å². The van der Waals surface area contributed by atoms with Crippen LogP contribution in [0.5, 0.6) is 11.5 Å². The summed E-state index contributed by atoms with van der Waals surface area (Å²) in [5, 5.41) is 3.55. The van der Waals surface area contributed by atoms with Gasteiger partial charge in [0, 0.05) is 19.1 Å². The molecule has 1 aromatic carbocycles. The summed E-state index contributed by atoms with van der Waals surface area (Å²) >= 11 is 2.29. The SMILES string of the molecule is COc1cc(CNCC2CCCN2C)cc(I)c1OC. The summed E-state index contributed by atoms with van der Waals surface area (Å²) in [5.74, 6) is 1.61. The van der Waals surface area contributed by atoms with Crippen molar-refractivity contribution in [2.75, 3.05) is 34.4 Å². The Morgan fingerprint density at radius 3 is 2.75 bits per heavy atom. The fourth-order valence-electron chi connectivity index (χ4n) is 2.69. The van der Waals surface area contributed by atoms with E-state index >= 15 is 0 Å². The lowest BCUT2D eigenvalue weighted by molar-refractivity contribution is 0.300. The van der Waals surface area contributed by atoms with E-state index in [9.17, 15) is 0 Å². The summed E-state index contributed by atoms with van der Waals surface area (Å²) in [7, 11) is 5.56. The first kappa shape index (κ1) is 15.9. The molecule has 0 radical (unpaired) electrons. The van der Waals surface area contributed by atoms with E-state index in [0.717, 1.165) is 28.2 Å². The summed E-state index contributed by atoms with van der Waals surface area (Å²) in [5.41, 5.74) is 1.23. The number of halogens is 1. The Bertz CT molecular complexity index is 454. The second-order valence-corrected chi connectivity index (χ2v) is 6.38. The molecule has 1 saturated heterocycles. The van der Waals surface area contributed by atoms with Crippen LogP contribution in [0, 0.1) is 3.57 Å². The molecule has 0 saturated carbocycles. The molecule has 1 N–H and O–H groups in total. The van der Waals surface area contributed by atoms with Crippen LogP contribution in [0.15, 0.2) is 12.1 Å². The van der Waals surface area contributed by atoms with E-state index in [1.54, 1.807) is 14.2 Å². The average Bonchev–Trinajstić information content (AvgIpc) is 2.84. The van der Waals surface area contributed by atoms with Crippen LogP contribution in [0.2, 0.25) is 0 Å². The molecule has 0 spiro atoms. The van der Waals surface area contributed by atoms with Crippen molar-refractivity contribution in [3.05, 3.63) is 21.3 Å². The number of rotatable bonds is 6. The van der Waals surface area contributed by atoms with Crippen molar-refractivity contribution >= 4 is 22.6 Å². The van der Waals surface area contributed by atoms with E-state index in [1.165, 1.54) is 24.9 Å². The molecule has 0 bridgehead atoms.